The van der Waals surface area contributed by atoms with Crippen molar-refractivity contribution in [1.29, 1.82) is 0 Å². The van der Waals surface area contributed by atoms with E-state index in [1.165, 1.54) is 0 Å². The highest BCUT2D eigenvalue weighted by Crippen LogP contribution is 2.10. The van der Waals surface area contributed by atoms with Gasteiger partial charge >= 0.3 is 6.03 Å². The monoisotopic (exact) mass is 301 g/mol. The lowest BCUT2D eigenvalue weighted by Gasteiger charge is -2.10. The highest BCUT2D eigenvalue weighted by atomic mass is 16.3. The molecule has 0 aliphatic rings. The number of hydrogen-bond acceptors (Lipinski definition) is 3. The third kappa shape index (κ3) is 5.26. The first kappa shape index (κ1) is 16.1. The Morgan fingerprint density at radius 2 is 1.82 bits per heavy atom. The molecule has 0 aliphatic carbocycles. The molecule has 0 atom stereocenters. The summed E-state index contributed by atoms with van der Waals surface area (Å²) in [6.45, 7) is 7.23. The minimum atomic E-state index is -0.186. The Bertz CT molecular complexity index is 603. The largest absolute Gasteiger partial charge is 0.465 e. The molecule has 5 heteroatoms. The van der Waals surface area contributed by atoms with Gasteiger partial charge in [0.1, 0.15) is 11.5 Å². The molecule has 1 aromatic heterocycles. The third-order valence-corrected chi connectivity index (χ3v) is 3.06. The maximum Gasteiger partial charge on any atom is 0.319 e. The van der Waals surface area contributed by atoms with Gasteiger partial charge in [-0.2, -0.15) is 0 Å². The average Bonchev–Trinajstić information content (AvgIpc) is 2.85. The van der Waals surface area contributed by atoms with E-state index in [2.05, 4.69) is 16.0 Å². The van der Waals surface area contributed by atoms with Crippen LogP contribution in [0.5, 0.6) is 0 Å². The summed E-state index contributed by atoms with van der Waals surface area (Å²) in [4.78, 5) is 11.6. The lowest BCUT2D eigenvalue weighted by atomic mass is 10.2. The number of anilines is 1. The Balaban J connectivity index is 1.77. The Hall–Kier alpha value is -2.27. The molecule has 0 unspecified atom stereocenters. The summed E-state index contributed by atoms with van der Waals surface area (Å²) in [6, 6.07) is 11.6. The van der Waals surface area contributed by atoms with Crippen molar-refractivity contribution in [1.82, 2.24) is 10.6 Å². The first-order valence-corrected chi connectivity index (χ1v) is 7.45. The van der Waals surface area contributed by atoms with E-state index in [1.807, 2.05) is 57.2 Å². The molecule has 5 nitrogen and oxygen atoms in total. The number of nitrogens with one attached hydrogen (secondary N) is 3. The van der Waals surface area contributed by atoms with Gasteiger partial charge in [0.05, 0.1) is 6.54 Å². The summed E-state index contributed by atoms with van der Waals surface area (Å²) in [5.41, 5.74) is 1.93. The second-order valence-electron chi connectivity index (χ2n) is 5.57. The molecule has 0 saturated carbocycles. The van der Waals surface area contributed by atoms with E-state index in [4.69, 9.17) is 4.42 Å². The van der Waals surface area contributed by atoms with Crippen molar-refractivity contribution in [3.8, 4) is 0 Å². The number of rotatable bonds is 6. The van der Waals surface area contributed by atoms with Gasteiger partial charge in [0.15, 0.2) is 0 Å². The van der Waals surface area contributed by atoms with Crippen molar-refractivity contribution in [2.24, 2.45) is 0 Å². The van der Waals surface area contributed by atoms with Crippen LogP contribution < -0.4 is 16.0 Å². The summed E-state index contributed by atoms with van der Waals surface area (Å²) in [7, 11) is 0. The normalized spacial score (nSPS) is 10.7. The molecular formula is C17H23N3O2. The molecular weight excluding hydrogens is 278 g/mol. The Labute approximate surface area is 131 Å². The lowest BCUT2D eigenvalue weighted by Crippen LogP contribution is -2.34. The van der Waals surface area contributed by atoms with E-state index < -0.39 is 0 Å². The summed E-state index contributed by atoms with van der Waals surface area (Å²) in [5, 5.41) is 8.91. The van der Waals surface area contributed by atoms with Gasteiger partial charge in [0, 0.05) is 18.3 Å². The molecule has 22 heavy (non-hydrogen) atoms. The zero-order valence-corrected chi connectivity index (χ0v) is 13.3. The number of carbonyl (C=O) groups is 1. The topological polar surface area (TPSA) is 66.3 Å². The number of urea groups is 1. The first-order chi connectivity index (χ1) is 10.5. The number of amides is 2. The molecule has 2 aromatic rings. The van der Waals surface area contributed by atoms with E-state index in [1.54, 1.807) is 0 Å². The highest BCUT2D eigenvalue weighted by molar-refractivity contribution is 5.89. The summed E-state index contributed by atoms with van der Waals surface area (Å²) >= 11 is 0. The quantitative estimate of drug-likeness (QED) is 0.766. The standard InChI is InChI=1S/C17H23N3O2/c1-12(2)19-17(21)20-15-7-5-14(6-8-15)10-18-11-16-9-4-13(3)22-16/h4-9,12,18H,10-11H2,1-3H3,(H2,19,20,21). The van der Waals surface area contributed by atoms with Crippen molar-refractivity contribution in [2.45, 2.75) is 39.9 Å². The molecule has 1 heterocycles. The van der Waals surface area contributed by atoms with Crippen molar-refractivity contribution < 1.29 is 9.21 Å². The Kier molecular flexibility index (Phi) is 5.61. The van der Waals surface area contributed by atoms with Crippen LogP contribution in [0.1, 0.15) is 30.9 Å². The molecule has 0 aliphatic heterocycles. The van der Waals surface area contributed by atoms with Gasteiger partial charge in [-0.25, -0.2) is 4.79 Å². The fourth-order valence-corrected chi connectivity index (χ4v) is 2.05. The highest BCUT2D eigenvalue weighted by Gasteiger charge is 2.03. The summed E-state index contributed by atoms with van der Waals surface area (Å²) in [5.74, 6) is 1.85. The molecule has 2 amide bonds. The molecule has 1 aromatic carbocycles. The van der Waals surface area contributed by atoms with Crippen LogP contribution in [0.4, 0.5) is 10.5 Å². The van der Waals surface area contributed by atoms with Crippen LogP contribution in [0.2, 0.25) is 0 Å². The molecule has 0 bridgehead atoms. The maximum atomic E-state index is 11.6. The fourth-order valence-electron chi connectivity index (χ4n) is 2.05. The summed E-state index contributed by atoms with van der Waals surface area (Å²) < 4.78 is 5.50. The van der Waals surface area contributed by atoms with Gasteiger partial charge in [0.2, 0.25) is 0 Å². The predicted molar refractivity (Wildman–Crippen MR) is 87.7 cm³/mol. The third-order valence-electron chi connectivity index (χ3n) is 3.06. The van der Waals surface area contributed by atoms with Gasteiger partial charge in [-0.3, -0.25) is 0 Å². The maximum absolute atomic E-state index is 11.6. The minimum absolute atomic E-state index is 0.119. The second-order valence-corrected chi connectivity index (χ2v) is 5.57. The predicted octanol–water partition coefficient (Wildman–Crippen LogP) is 3.41. The number of carbonyl (C=O) groups excluding carboxylic acids is 1. The first-order valence-electron chi connectivity index (χ1n) is 7.45. The van der Waals surface area contributed by atoms with E-state index in [-0.39, 0.29) is 12.1 Å². The van der Waals surface area contributed by atoms with E-state index in [9.17, 15) is 4.79 Å². The van der Waals surface area contributed by atoms with Gasteiger partial charge in [-0.1, -0.05) is 12.1 Å². The van der Waals surface area contributed by atoms with Gasteiger partial charge in [0.25, 0.3) is 0 Å². The van der Waals surface area contributed by atoms with Crippen LogP contribution in [-0.4, -0.2) is 12.1 Å². The van der Waals surface area contributed by atoms with E-state index >= 15 is 0 Å². The van der Waals surface area contributed by atoms with Crippen molar-refractivity contribution in [3.63, 3.8) is 0 Å². The SMILES string of the molecule is Cc1ccc(CNCc2ccc(NC(=O)NC(C)C)cc2)o1. The van der Waals surface area contributed by atoms with Crippen LogP contribution in [0.3, 0.4) is 0 Å². The molecule has 0 spiro atoms. The molecule has 0 saturated heterocycles. The zero-order valence-electron chi connectivity index (χ0n) is 13.3. The molecule has 3 N–H and O–H groups in total. The Morgan fingerprint density at radius 1 is 1.09 bits per heavy atom. The van der Waals surface area contributed by atoms with Crippen molar-refractivity contribution in [3.05, 3.63) is 53.5 Å². The van der Waals surface area contributed by atoms with E-state index in [0.29, 0.717) is 6.54 Å². The Morgan fingerprint density at radius 3 is 2.41 bits per heavy atom. The fraction of sp³-hybridized carbons (Fsp3) is 0.353. The van der Waals surface area contributed by atoms with Crippen molar-refractivity contribution in [2.75, 3.05) is 5.32 Å². The number of aryl methyl sites for hydroxylation is 1. The van der Waals surface area contributed by atoms with Gasteiger partial charge < -0.3 is 20.4 Å². The van der Waals surface area contributed by atoms with Crippen LogP contribution in [0.25, 0.3) is 0 Å². The minimum Gasteiger partial charge on any atom is -0.465 e. The molecule has 2 rings (SSSR count). The van der Waals surface area contributed by atoms with Crippen LogP contribution >= 0.6 is 0 Å². The number of furan rings is 1. The molecule has 118 valence electrons. The molecule has 0 radical (unpaired) electrons. The average molecular weight is 301 g/mol. The summed E-state index contributed by atoms with van der Waals surface area (Å²) in [6.07, 6.45) is 0. The smallest absolute Gasteiger partial charge is 0.319 e. The molecule has 0 fully saturated rings. The van der Waals surface area contributed by atoms with Gasteiger partial charge in [-0.05, 0) is 50.6 Å². The number of benzene rings is 1. The van der Waals surface area contributed by atoms with Crippen molar-refractivity contribution >= 4 is 11.7 Å². The van der Waals surface area contributed by atoms with Crippen LogP contribution in [0.15, 0.2) is 40.8 Å². The number of hydrogen-bond donors (Lipinski definition) is 3. The van der Waals surface area contributed by atoms with Gasteiger partial charge in [-0.15, -0.1) is 0 Å². The lowest BCUT2D eigenvalue weighted by molar-refractivity contribution is 0.250. The van der Waals surface area contributed by atoms with E-state index in [0.717, 1.165) is 29.3 Å². The zero-order chi connectivity index (χ0) is 15.9. The van der Waals surface area contributed by atoms with Crippen LogP contribution in [-0.2, 0) is 13.1 Å². The van der Waals surface area contributed by atoms with Crippen LogP contribution in [0, 0.1) is 6.92 Å². The second kappa shape index (κ2) is 7.66.